The van der Waals surface area contributed by atoms with E-state index < -0.39 is 52.7 Å². The largest absolute Gasteiger partial charge is 0.416 e. The third-order valence-corrected chi connectivity index (χ3v) is 6.55. The van der Waals surface area contributed by atoms with Crippen molar-refractivity contribution in [3.05, 3.63) is 53.2 Å². The maximum atomic E-state index is 13.8. The number of ether oxygens (including phenoxy) is 1. The van der Waals surface area contributed by atoms with E-state index >= 15 is 0 Å². The first-order valence-corrected chi connectivity index (χ1v) is 9.41. The molecule has 0 spiro atoms. The number of hydrogen-bond acceptors (Lipinski definition) is 5. The van der Waals surface area contributed by atoms with Crippen LogP contribution >= 0.6 is 0 Å². The van der Waals surface area contributed by atoms with E-state index in [1.165, 1.54) is 19.2 Å². The molecule has 30 heavy (non-hydrogen) atoms. The Kier molecular flexibility index (Phi) is 3.86. The maximum absolute atomic E-state index is 13.8. The van der Waals surface area contributed by atoms with Gasteiger partial charge in [0.2, 0.25) is 11.9 Å². The van der Waals surface area contributed by atoms with Gasteiger partial charge in [0.1, 0.15) is 5.82 Å². The number of nitrogens with zero attached hydrogens (tertiary/aromatic N) is 2. The first-order valence-electron chi connectivity index (χ1n) is 9.41. The van der Waals surface area contributed by atoms with E-state index in [1.54, 1.807) is 6.07 Å². The molecule has 3 aliphatic rings. The molecule has 1 saturated carbocycles. The molecule has 5 atom stereocenters. The number of carbonyl (C=O) groups is 1. The lowest BCUT2D eigenvalue weighted by Crippen LogP contribution is -2.44. The standard InChI is InChI=1S/C20H17F4N3O3/c1-9-4-11(20(22,23)24)6-15(26-9)27-17(29)19-8-18(19,10-2-3-25-14(21)5-10)16-12(28)7-13(19)30-16/h2-6,12-13,16,28H,7-8H2,1H3,(H,26,27,29)/t12-,13+,16-,18+,19+/m0/s1. The SMILES string of the molecule is Cc1cc(C(F)(F)F)cc(NC(=O)[C@]23C[C@@]2(c2ccnc(F)c2)[C@H]2O[C@@H]3C[C@@H]2O)n1. The first-order chi connectivity index (χ1) is 14.1. The van der Waals surface area contributed by atoms with Crippen molar-refractivity contribution in [1.82, 2.24) is 9.97 Å². The molecule has 2 aromatic heterocycles. The Morgan fingerprint density at radius 2 is 2.10 bits per heavy atom. The smallest absolute Gasteiger partial charge is 0.390 e. The highest BCUT2D eigenvalue weighted by atomic mass is 19.4. The third kappa shape index (κ3) is 2.46. The molecule has 0 radical (unpaired) electrons. The lowest BCUT2D eigenvalue weighted by Gasteiger charge is -2.29. The highest BCUT2D eigenvalue weighted by Crippen LogP contribution is 2.77. The fourth-order valence-corrected chi connectivity index (χ4v) is 5.34. The van der Waals surface area contributed by atoms with Gasteiger partial charge in [-0.3, -0.25) is 4.79 Å². The number of aliphatic hydroxyl groups is 1. The molecule has 1 amide bonds. The molecule has 5 rings (SSSR count). The predicted octanol–water partition coefficient (Wildman–Crippen LogP) is 2.74. The number of aromatic nitrogens is 2. The van der Waals surface area contributed by atoms with E-state index in [1.807, 2.05) is 0 Å². The Morgan fingerprint density at radius 1 is 1.33 bits per heavy atom. The molecule has 0 unspecified atom stereocenters. The molecule has 6 nitrogen and oxygen atoms in total. The van der Waals surface area contributed by atoms with E-state index in [2.05, 4.69) is 15.3 Å². The number of carbonyl (C=O) groups excluding carboxylic acids is 1. The lowest BCUT2D eigenvalue weighted by molar-refractivity contribution is -0.137. The number of rotatable bonds is 3. The average molecular weight is 423 g/mol. The highest BCUT2D eigenvalue weighted by Gasteiger charge is 2.87. The predicted molar refractivity (Wildman–Crippen MR) is 94.8 cm³/mol. The van der Waals surface area contributed by atoms with Crippen LogP contribution in [0.5, 0.6) is 0 Å². The molecule has 1 aliphatic carbocycles. The van der Waals surface area contributed by atoms with Crippen LogP contribution in [0.15, 0.2) is 30.5 Å². The summed E-state index contributed by atoms with van der Waals surface area (Å²) in [6.45, 7) is 1.40. The molecule has 10 heteroatoms. The minimum atomic E-state index is -4.58. The van der Waals surface area contributed by atoms with Crippen LogP contribution in [0.1, 0.15) is 29.7 Å². The van der Waals surface area contributed by atoms with Crippen molar-refractivity contribution < 1.29 is 32.2 Å². The van der Waals surface area contributed by atoms with Crippen molar-refractivity contribution in [3.63, 3.8) is 0 Å². The van der Waals surface area contributed by atoms with Gasteiger partial charge in [-0.1, -0.05) is 0 Å². The van der Waals surface area contributed by atoms with E-state index in [9.17, 15) is 27.5 Å². The summed E-state index contributed by atoms with van der Waals surface area (Å²) in [7, 11) is 0. The Bertz CT molecular complexity index is 1060. The minimum Gasteiger partial charge on any atom is -0.390 e. The normalized spacial score (nSPS) is 34.0. The van der Waals surface area contributed by atoms with Gasteiger partial charge >= 0.3 is 6.18 Å². The Hall–Kier alpha value is -2.59. The zero-order valence-electron chi connectivity index (χ0n) is 15.7. The molecule has 158 valence electrons. The zero-order valence-corrected chi connectivity index (χ0v) is 15.7. The van der Waals surface area contributed by atoms with Gasteiger partial charge < -0.3 is 15.2 Å². The summed E-state index contributed by atoms with van der Waals surface area (Å²) < 4.78 is 59.0. The van der Waals surface area contributed by atoms with Gasteiger partial charge in [0.25, 0.3) is 0 Å². The summed E-state index contributed by atoms with van der Waals surface area (Å²) in [6, 6.07) is 4.45. The second-order valence-corrected chi connectivity index (χ2v) is 8.17. The third-order valence-electron chi connectivity index (χ3n) is 6.55. The van der Waals surface area contributed by atoms with Gasteiger partial charge in [-0.15, -0.1) is 0 Å². The molecule has 3 fully saturated rings. The summed E-state index contributed by atoms with van der Waals surface area (Å²) in [5.74, 6) is -1.49. The summed E-state index contributed by atoms with van der Waals surface area (Å²) in [5.41, 5.74) is -2.41. The molecular formula is C20H17F4N3O3. The van der Waals surface area contributed by atoms with Gasteiger partial charge in [-0.2, -0.15) is 17.6 Å². The van der Waals surface area contributed by atoms with Crippen LogP contribution in [-0.4, -0.2) is 39.3 Å². The van der Waals surface area contributed by atoms with Gasteiger partial charge in [0.05, 0.1) is 29.3 Å². The van der Waals surface area contributed by atoms with Crippen molar-refractivity contribution >= 4 is 11.7 Å². The maximum Gasteiger partial charge on any atom is 0.416 e. The van der Waals surface area contributed by atoms with Crippen molar-refractivity contribution in [2.75, 3.05) is 5.32 Å². The van der Waals surface area contributed by atoms with Crippen LogP contribution < -0.4 is 5.32 Å². The van der Waals surface area contributed by atoms with E-state index in [-0.39, 0.29) is 17.9 Å². The monoisotopic (exact) mass is 423 g/mol. The van der Waals surface area contributed by atoms with E-state index in [0.29, 0.717) is 12.0 Å². The molecule has 0 aromatic carbocycles. The van der Waals surface area contributed by atoms with Crippen LogP contribution in [0.4, 0.5) is 23.4 Å². The Balaban J connectivity index is 1.51. The number of aliphatic hydroxyl groups excluding tert-OH is 1. The molecular weight excluding hydrogens is 406 g/mol. The van der Waals surface area contributed by atoms with Crippen molar-refractivity contribution in [2.24, 2.45) is 5.41 Å². The number of amides is 1. The number of hydrogen-bond donors (Lipinski definition) is 2. The van der Waals surface area contributed by atoms with Gasteiger partial charge in [0, 0.05) is 23.7 Å². The van der Waals surface area contributed by atoms with Crippen molar-refractivity contribution in [2.45, 2.75) is 49.7 Å². The Morgan fingerprint density at radius 3 is 2.80 bits per heavy atom. The van der Waals surface area contributed by atoms with Crippen LogP contribution in [0.3, 0.4) is 0 Å². The first kappa shape index (κ1) is 19.4. The van der Waals surface area contributed by atoms with Crippen molar-refractivity contribution in [1.29, 1.82) is 0 Å². The number of nitrogens with one attached hydrogen (secondary N) is 1. The minimum absolute atomic E-state index is 0.107. The number of pyridine rings is 2. The fraction of sp³-hybridized carbons (Fsp3) is 0.450. The second-order valence-electron chi connectivity index (χ2n) is 8.17. The quantitative estimate of drug-likeness (QED) is 0.586. The van der Waals surface area contributed by atoms with E-state index in [4.69, 9.17) is 4.74 Å². The van der Waals surface area contributed by atoms with Gasteiger partial charge in [-0.05, 0) is 43.2 Å². The molecule has 4 heterocycles. The molecule has 2 saturated heterocycles. The topological polar surface area (TPSA) is 84.3 Å². The second kappa shape index (κ2) is 5.98. The van der Waals surface area contributed by atoms with Crippen LogP contribution in [-0.2, 0) is 21.1 Å². The van der Waals surface area contributed by atoms with Gasteiger partial charge in [-0.25, -0.2) is 9.97 Å². The summed E-state index contributed by atoms with van der Waals surface area (Å²) in [4.78, 5) is 20.8. The number of fused-ring (bicyclic) bond motifs is 5. The molecule has 2 N–H and O–H groups in total. The van der Waals surface area contributed by atoms with E-state index in [0.717, 1.165) is 12.1 Å². The Labute approximate surface area is 168 Å². The molecule has 2 bridgehead atoms. The number of halogens is 4. The van der Waals surface area contributed by atoms with Crippen LogP contribution in [0, 0.1) is 18.3 Å². The average Bonchev–Trinajstić information content (AvgIpc) is 3.14. The van der Waals surface area contributed by atoms with Crippen molar-refractivity contribution in [3.8, 4) is 0 Å². The lowest BCUT2D eigenvalue weighted by atomic mass is 9.74. The summed E-state index contributed by atoms with van der Waals surface area (Å²) in [5, 5.41) is 12.9. The van der Waals surface area contributed by atoms with Crippen LogP contribution in [0.2, 0.25) is 0 Å². The molecule has 2 aliphatic heterocycles. The fourth-order valence-electron chi connectivity index (χ4n) is 5.34. The number of aryl methyl sites for hydroxylation is 1. The van der Waals surface area contributed by atoms with Crippen LogP contribution in [0.25, 0.3) is 0 Å². The van der Waals surface area contributed by atoms with Gasteiger partial charge in [0.15, 0.2) is 0 Å². The summed E-state index contributed by atoms with van der Waals surface area (Å²) >= 11 is 0. The number of alkyl halides is 3. The highest BCUT2D eigenvalue weighted by molar-refractivity contribution is 6.00. The summed E-state index contributed by atoms with van der Waals surface area (Å²) in [6.07, 6.45) is -4.93. The zero-order chi connectivity index (χ0) is 21.5. The number of anilines is 1. The molecule has 2 aromatic rings.